The second kappa shape index (κ2) is 7.44. The second-order valence-corrected chi connectivity index (χ2v) is 8.00. The number of hydrogen-bond donors (Lipinski definition) is 3. The van der Waals surface area contributed by atoms with Crippen LogP contribution in [0, 0.1) is 6.92 Å². The summed E-state index contributed by atoms with van der Waals surface area (Å²) in [4.78, 5) is 33.1. The summed E-state index contributed by atoms with van der Waals surface area (Å²) in [6, 6.07) is 9.67. The molecule has 1 saturated heterocycles. The van der Waals surface area contributed by atoms with E-state index in [1.54, 1.807) is 12.5 Å². The number of rotatable bonds is 4. The molecule has 0 bridgehead atoms. The molecular weight excluding hydrogens is 392 g/mol. The van der Waals surface area contributed by atoms with E-state index in [1.807, 2.05) is 44.3 Å². The van der Waals surface area contributed by atoms with Crippen molar-refractivity contribution in [2.24, 2.45) is 0 Å². The number of imidazole rings is 1. The molecule has 1 fully saturated rings. The first-order valence-corrected chi connectivity index (χ1v) is 10.2. The summed E-state index contributed by atoms with van der Waals surface area (Å²) < 4.78 is 0.426. The predicted molar refractivity (Wildman–Crippen MR) is 119 cm³/mol. The maximum atomic E-state index is 12.6. The highest BCUT2D eigenvalue weighted by molar-refractivity contribution is 5.92. The van der Waals surface area contributed by atoms with Crippen molar-refractivity contribution in [3.63, 3.8) is 0 Å². The van der Waals surface area contributed by atoms with Gasteiger partial charge in [0.2, 0.25) is 0 Å². The summed E-state index contributed by atoms with van der Waals surface area (Å²) in [6.07, 6.45) is 5.91. The van der Waals surface area contributed by atoms with Gasteiger partial charge in [-0.15, -0.1) is 0 Å². The van der Waals surface area contributed by atoms with E-state index in [-0.39, 0.29) is 6.03 Å². The monoisotopic (exact) mass is 415 g/mol. The zero-order valence-electron chi connectivity index (χ0n) is 17.4. The Morgan fingerprint density at radius 1 is 1.13 bits per heavy atom. The molecule has 0 spiro atoms. The Kier molecular flexibility index (Phi) is 4.59. The Morgan fingerprint density at radius 3 is 2.81 bits per heavy atom. The van der Waals surface area contributed by atoms with Crippen molar-refractivity contribution in [3.05, 3.63) is 54.7 Å². The molecule has 0 unspecified atom stereocenters. The lowest BCUT2D eigenvalue weighted by Crippen LogP contribution is -2.60. The Balaban J connectivity index is 1.47. The fourth-order valence-corrected chi connectivity index (χ4v) is 3.72. The van der Waals surface area contributed by atoms with E-state index in [0.717, 1.165) is 53.2 Å². The molecule has 1 aliphatic rings. The standard InChI is InChI=1S/C22H22N8O/c1-14-6-7-15(28-22(31)30(2)9-4-10-30)11-17(14)29-20-16(5-3-8-23-20)18-19-21(26-12-24-18)27-13-25-19/h3,5-8,11-13H,4,9-10H2,1-2H3,(H2-,23,24,25,26,27,28,29,31)/p+1. The van der Waals surface area contributed by atoms with Crippen LogP contribution in [0.15, 0.2) is 49.2 Å². The van der Waals surface area contributed by atoms with E-state index in [1.165, 1.54) is 6.33 Å². The topological polar surface area (TPSA) is 108 Å². The molecule has 0 radical (unpaired) electrons. The molecular formula is C22H23N8O+. The molecule has 2 amide bonds. The smallest absolute Gasteiger partial charge is 0.341 e. The Labute approximate surface area is 179 Å². The average Bonchev–Trinajstić information content (AvgIpc) is 3.24. The number of amides is 2. The van der Waals surface area contributed by atoms with E-state index in [0.29, 0.717) is 15.9 Å². The second-order valence-electron chi connectivity index (χ2n) is 8.00. The Hall–Kier alpha value is -3.85. The van der Waals surface area contributed by atoms with Gasteiger partial charge < -0.3 is 10.3 Å². The van der Waals surface area contributed by atoms with E-state index in [4.69, 9.17) is 0 Å². The van der Waals surface area contributed by atoms with Gasteiger partial charge in [0.05, 0.1) is 26.5 Å². The first-order chi connectivity index (χ1) is 15.0. The minimum atomic E-state index is 0.0159. The number of carbonyl (C=O) groups is 1. The minimum absolute atomic E-state index is 0.0159. The Morgan fingerprint density at radius 2 is 2.00 bits per heavy atom. The number of aromatic nitrogens is 5. The lowest BCUT2D eigenvalue weighted by Gasteiger charge is -2.38. The maximum Gasteiger partial charge on any atom is 0.420 e. The van der Waals surface area contributed by atoms with Crippen molar-refractivity contribution in [1.82, 2.24) is 24.9 Å². The number of quaternary nitrogens is 1. The number of nitrogens with zero attached hydrogens (tertiary/aromatic N) is 5. The van der Waals surface area contributed by atoms with Gasteiger partial charge in [0.1, 0.15) is 23.4 Å². The van der Waals surface area contributed by atoms with Gasteiger partial charge in [-0.1, -0.05) is 6.07 Å². The summed E-state index contributed by atoms with van der Waals surface area (Å²) in [5.41, 5.74) is 5.54. The van der Waals surface area contributed by atoms with Crippen molar-refractivity contribution in [2.45, 2.75) is 13.3 Å². The molecule has 9 heteroatoms. The number of likely N-dealkylation sites (tertiary alicyclic amines) is 1. The number of carbonyl (C=O) groups excluding carboxylic acids is 1. The first-order valence-electron chi connectivity index (χ1n) is 10.2. The number of nitrogens with one attached hydrogen (secondary N) is 3. The third-order valence-electron chi connectivity index (χ3n) is 5.82. The van der Waals surface area contributed by atoms with Crippen molar-refractivity contribution >= 4 is 34.4 Å². The molecule has 3 N–H and O–H groups in total. The normalized spacial score (nSPS) is 14.8. The van der Waals surface area contributed by atoms with Gasteiger partial charge in [-0.25, -0.2) is 29.2 Å². The number of fused-ring (bicyclic) bond motifs is 1. The SMILES string of the molecule is Cc1ccc(NC(=O)[N+]2(C)CCC2)cc1Nc1ncccc1-c1ncnc2nc[nH]c12. The highest BCUT2D eigenvalue weighted by Gasteiger charge is 2.38. The van der Waals surface area contributed by atoms with Gasteiger partial charge in [-0.3, -0.25) is 5.32 Å². The van der Waals surface area contributed by atoms with E-state index < -0.39 is 0 Å². The number of benzene rings is 1. The molecule has 1 aromatic carbocycles. The number of aryl methyl sites for hydroxylation is 1. The van der Waals surface area contributed by atoms with Crippen LogP contribution in [-0.4, -0.2) is 55.6 Å². The Bertz CT molecular complexity index is 1280. The quantitative estimate of drug-likeness (QED) is 0.437. The first kappa shape index (κ1) is 19.1. The van der Waals surface area contributed by atoms with E-state index >= 15 is 0 Å². The number of H-pyrrole nitrogens is 1. The van der Waals surface area contributed by atoms with Gasteiger partial charge in [0.15, 0.2) is 5.65 Å². The van der Waals surface area contributed by atoms with Crippen LogP contribution in [0.25, 0.3) is 22.4 Å². The molecule has 5 rings (SSSR count). The minimum Gasteiger partial charge on any atom is -0.341 e. The van der Waals surface area contributed by atoms with E-state index in [2.05, 4.69) is 35.6 Å². The van der Waals surface area contributed by atoms with Gasteiger partial charge in [-0.2, -0.15) is 0 Å². The van der Waals surface area contributed by atoms with Crippen LogP contribution in [0.3, 0.4) is 0 Å². The highest BCUT2D eigenvalue weighted by atomic mass is 16.2. The molecule has 4 aromatic rings. The average molecular weight is 415 g/mol. The fraction of sp³-hybridized carbons (Fsp3) is 0.227. The largest absolute Gasteiger partial charge is 0.420 e. The molecule has 4 heterocycles. The fourth-order valence-electron chi connectivity index (χ4n) is 3.72. The van der Waals surface area contributed by atoms with Crippen LogP contribution in [0.5, 0.6) is 0 Å². The van der Waals surface area contributed by atoms with E-state index in [9.17, 15) is 4.79 Å². The molecule has 0 saturated carbocycles. The van der Waals surface area contributed by atoms with Gasteiger partial charge in [0, 0.05) is 29.6 Å². The van der Waals surface area contributed by atoms with Crippen LogP contribution >= 0.6 is 0 Å². The maximum absolute atomic E-state index is 12.6. The van der Waals surface area contributed by atoms with Gasteiger partial charge in [-0.05, 0) is 36.8 Å². The van der Waals surface area contributed by atoms with Gasteiger partial charge in [0.25, 0.3) is 0 Å². The molecule has 1 aliphatic heterocycles. The van der Waals surface area contributed by atoms with Crippen LogP contribution in [-0.2, 0) is 0 Å². The highest BCUT2D eigenvalue weighted by Crippen LogP contribution is 2.32. The number of pyridine rings is 1. The van der Waals surface area contributed by atoms with Crippen LogP contribution in [0.2, 0.25) is 0 Å². The zero-order valence-corrected chi connectivity index (χ0v) is 17.4. The van der Waals surface area contributed by atoms with Gasteiger partial charge >= 0.3 is 6.03 Å². The van der Waals surface area contributed by atoms with Crippen LogP contribution in [0.4, 0.5) is 22.0 Å². The molecule has 156 valence electrons. The zero-order chi connectivity index (χ0) is 21.4. The number of anilines is 3. The van der Waals surface area contributed by atoms with Crippen molar-refractivity contribution in [1.29, 1.82) is 0 Å². The third-order valence-corrected chi connectivity index (χ3v) is 5.82. The molecule has 0 atom stereocenters. The number of hydrogen-bond acceptors (Lipinski definition) is 6. The van der Waals surface area contributed by atoms with Crippen LogP contribution in [0.1, 0.15) is 12.0 Å². The molecule has 31 heavy (non-hydrogen) atoms. The summed E-state index contributed by atoms with van der Waals surface area (Å²) in [5, 5.41) is 6.46. The number of aromatic amines is 1. The summed E-state index contributed by atoms with van der Waals surface area (Å²) in [6.45, 7) is 3.76. The van der Waals surface area contributed by atoms with Crippen LogP contribution < -0.4 is 10.6 Å². The predicted octanol–water partition coefficient (Wildman–Crippen LogP) is 3.85. The molecule has 3 aromatic heterocycles. The molecule has 0 aliphatic carbocycles. The van der Waals surface area contributed by atoms with Crippen molar-refractivity contribution in [3.8, 4) is 11.3 Å². The third kappa shape index (κ3) is 3.49. The van der Waals surface area contributed by atoms with Crippen molar-refractivity contribution < 1.29 is 9.28 Å². The summed E-state index contributed by atoms with van der Waals surface area (Å²) in [5.74, 6) is 0.658. The summed E-state index contributed by atoms with van der Waals surface area (Å²) >= 11 is 0. The lowest BCUT2D eigenvalue weighted by atomic mass is 10.1. The molecule has 9 nitrogen and oxygen atoms in total. The lowest BCUT2D eigenvalue weighted by molar-refractivity contribution is -0.867. The summed E-state index contributed by atoms with van der Waals surface area (Å²) in [7, 11) is 1.96. The van der Waals surface area contributed by atoms with Crippen molar-refractivity contribution in [2.75, 3.05) is 30.8 Å². The number of urea groups is 1.